The zero-order valence-electron chi connectivity index (χ0n) is 24.8. The maximum Gasteiger partial charge on any atom is 0.380 e. The number of alkyl halides is 6. The van der Waals surface area contributed by atoms with Crippen LogP contribution in [0.5, 0.6) is 0 Å². The molecule has 1 fully saturated rings. The molecule has 0 saturated heterocycles. The fourth-order valence-electron chi connectivity index (χ4n) is 6.69. The molecule has 0 radical (unpaired) electrons. The molecule has 3 aromatic rings. The van der Waals surface area contributed by atoms with Gasteiger partial charge in [0.25, 0.3) is 5.91 Å². The van der Waals surface area contributed by atoms with E-state index in [1.54, 1.807) is 68.4 Å². The van der Waals surface area contributed by atoms with Crippen molar-refractivity contribution in [1.82, 2.24) is 5.32 Å². The van der Waals surface area contributed by atoms with Gasteiger partial charge in [-0.3, -0.25) is 4.79 Å². The number of benzene rings is 3. The summed E-state index contributed by atoms with van der Waals surface area (Å²) in [7, 11) is 0. The van der Waals surface area contributed by atoms with Crippen LogP contribution in [0.3, 0.4) is 0 Å². The maximum absolute atomic E-state index is 15.6. The normalized spacial score (nSPS) is 27.4. The van der Waals surface area contributed by atoms with Crippen LogP contribution in [0.4, 0.5) is 26.3 Å². The number of hydrogen-bond acceptors (Lipinski definition) is 3. The Morgan fingerprint density at radius 2 is 1.09 bits per heavy atom. The highest BCUT2D eigenvalue weighted by atomic mass is 32.2. The quantitative estimate of drug-likeness (QED) is 0.275. The van der Waals surface area contributed by atoms with Crippen molar-refractivity contribution in [2.24, 2.45) is 0 Å². The van der Waals surface area contributed by atoms with E-state index in [0.717, 1.165) is 5.56 Å². The van der Waals surface area contributed by atoms with Gasteiger partial charge < -0.3 is 5.32 Å². The van der Waals surface area contributed by atoms with Crippen molar-refractivity contribution in [1.29, 1.82) is 0 Å². The van der Waals surface area contributed by atoms with E-state index in [1.165, 1.54) is 35.7 Å². The summed E-state index contributed by atoms with van der Waals surface area (Å²) in [6.45, 7) is 5.19. The first kappa shape index (κ1) is 31.0. The molecule has 1 amide bonds. The maximum atomic E-state index is 15.6. The predicted molar refractivity (Wildman–Crippen MR) is 172 cm³/mol. The summed E-state index contributed by atoms with van der Waals surface area (Å²) in [5.41, 5.74) is -0.498. The highest BCUT2D eigenvalue weighted by molar-refractivity contribution is 8.14. The van der Waals surface area contributed by atoms with Crippen LogP contribution in [0, 0.1) is 0 Å². The van der Waals surface area contributed by atoms with Gasteiger partial charge in [0.15, 0.2) is 0 Å². The second-order valence-corrected chi connectivity index (χ2v) is 15.1. The first-order valence-electron chi connectivity index (χ1n) is 14.6. The fraction of sp³-hybridized carbons (Fsp3) is 0.250. The minimum Gasteiger partial charge on any atom is -0.346 e. The fourth-order valence-corrected chi connectivity index (χ4v) is 9.83. The lowest BCUT2D eigenvalue weighted by Crippen LogP contribution is -2.48. The Morgan fingerprint density at radius 1 is 0.652 bits per heavy atom. The van der Waals surface area contributed by atoms with E-state index in [-0.39, 0.29) is 23.1 Å². The van der Waals surface area contributed by atoms with Crippen molar-refractivity contribution in [3.63, 3.8) is 0 Å². The number of hydrogen-bond donors (Lipinski definition) is 1. The van der Waals surface area contributed by atoms with Crippen molar-refractivity contribution >= 4 is 39.2 Å². The van der Waals surface area contributed by atoms with E-state index in [4.69, 9.17) is 0 Å². The minimum absolute atomic E-state index is 0.207. The van der Waals surface area contributed by atoms with E-state index in [1.807, 2.05) is 37.3 Å². The van der Waals surface area contributed by atoms with E-state index in [2.05, 4.69) is 5.32 Å². The molecule has 3 aromatic carbocycles. The standard InChI is InChI=1S/C36H27F6NOS2/c1-20(21-10-6-4-7-11-21)43-31(44)24-16-14-23(15-17-24)28-19-26-30-29(34(37,38)36(41,42)35(30,39)40)25-18-27(22-12-8-5-9-13-22)45-32(25,2)33(26,3)46-28/h4-20H,1-3H3,(H,43,44)/t20-,32-,33-/m0/s1. The molecule has 46 heavy (non-hydrogen) atoms. The van der Waals surface area contributed by atoms with Gasteiger partial charge in [-0.25, -0.2) is 0 Å². The summed E-state index contributed by atoms with van der Waals surface area (Å²) in [6.07, 6.45) is 2.73. The molecule has 2 aliphatic heterocycles. The second kappa shape index (κ2) is 10.2. The number of nitrogens with one attached hydrogen (secondary N) is 1. The number of fused-ring (bicyclic) bond motifs is 4. The van der Waals surface area contributed by atoms with Gasteiger partial charge in [-0.15, -0.1) is 23.5 Å². The van der Waals surface area contributed by atoms with Gasteiger partial charge in [-0.1, -0.05) is 72.8 Å². The molecule has 0 aromatic heterocycles. The summed E-state index contributed by atoms with van der Waals surface area (Å²) < 4.78 is 90.0. The lowest BCUT2D eigenvalue weighted by molar-refractivity contribution is -0.258. The van der Waals surface area contributed by atoms with Crippen molar-refractivity contribution in [2.45, 2.75) is 54.1 Å². The Labute approximate surface area is 270 Å². The highest BCUT2D eigenvalue weighted by Gasteiger charge is 2.84. The molecule has 0 unspecified atom stereocenters. The zero-order valence-corrected chi connectivity index (χ0v) is 26.4. The van der Waals surface area contributed by atoms with Crippen molar-refractivity contribution in [2.75, 3.05) is 0 Å². The molecular formula is C36H27F6NOS2. The van der Waals surface area contributed by atoms with Crippen LogP contribution in [-0.4, -0.2) is 33.2 Å². The van der Waals surface area contributed by atoms with Gasteiger partial charge >= 0.3 is 17.8 Å². The number of carbonyl (C=O) groups excluding carboxylic acids is 1. The highest BCUT2D eigenvalue weighted by Crippen LogP contribution is 2.75. The molecule has 3 atom stereocenters. The van der Waals surface area contributed by atoms with Gasteiger partial charge in [0.2, 0.25) is 0 Å². The van der Waals surface area contributed by atoms with Gasteiger partial charge in [-0.05, 0) is 72.9 Å². The molecule has 7 rings (SSSR count). The molecule has 0 bridgehead atoms. The third-order valence-electron chi connectivity index (χ3n) is 9.46. The molecule has 2 nitrogen and oxygen atoms in total. The molecular weight excluding hydrogens is 641 g/mol. The number of allylic oxidation sites excluding steroid dienone is 4. The summed E-state index contributed by atoms with van der Waals surface area (Å²) in [5.74, 6) is -16.1. The Hall–Kier alpha value is -3.63. The molecule has 1 saturated carbocycles. The predicted octanol–water partition coefficient (Wildman–Crippen LogP) is 10.1. The lowest BCUT2D eigenvalue weighted by Gasteiger charge is -2.47. The Bertz CT molecular complexity index is 1900. The van der Waals surface area contributed by atoms with Crippen molar-refractivity contribution < 1.29 is 31.1 Å². The molecule has 1 N–H and O–H groups in total. The zero-order chi connectivity index (χ0) is 32.9. The third-order valence-corrected chi connectivity index (χ3v) is 12.8. The topological polar surface area (TPSA) is 29.1 Å². The van der Waals surface area contributed by atoms with E-state index >= 15 is 26.3 Å². The summed E-state index contributed by atoms with van der Waals surface area (Å²) in [5, 5.41) is 2.94. The Kier molecular flexibility index (Phi) is 6.86. The first-order chi connectivity index (χ1) is 21.6. The van der Waals surface area contributed by atoms with Crippen LogP contribution in [-0.2, 0) is 0 Å². The van der Waals surface area contributed by atoms with E-state index in [0.29, 0.717) is 26.5 Å². The number of halogens is 6. The Balaban J connectivity index is 1.30. The average Bonchev–Trinajstić information content (AvgIpc) is 3.62. The van der Waals surface area contributed by atoms with Gasteiger partial charge in [-0.2, -0.15) is 26.3 Å². The summed E-state index contributed by atoms with van der Waals surface area (Å²) in [6, 6.07) is 24.5. The number of amides is 1. The lowest BCUT2D eigenvalue weighted by atomic mass is 9.71. The molecule has 2 heterocycles. The van der Waals surface area contributed by atoms with Crippen LogP contribution >= 0.6 is 23.5 Å². The summed E-state index contributed by atoms with van der Waals surface area (Å²) >= 11 is 2.41. The van der Waals surface area contributed by atoms with Crippen molar-refractivity contribution in [3.8, 4) is 0 Å². The SMILES string of the molecule is C[C@H](NC(=O)c1ccc(C2=CC3=C4C(=C5C=C(c6ccccc6)S[C@]5(C)[C@@]3(C)S2)C(F)(F)C(F)(F)C4(F)F)cc1)c1ccccc1. The van der Waals surface area contributed by atoms with E-state index < -0.39 is 38.4 Å². The van der Waals surface area contributed by atoms with Gasteiger partial charge in [0, 0.05) is 26.5 Å². The van der Waals surface area contributed by atoms with E-state index in [9.17, 15) is 4.79 Å². The number of carbonyl (C=O) groups is 1. The van der Waals surface area contributed by atoms with Crippen LogP contribution in [0.15, 0.2) is 119 Å². The number of rotatable bonds is 5. The molecule has 2 aliphatic carbocycles. The minimum atomic E-state index is -5.61. The van der Waals surface area contributed by atoms with Gasteiger partial charge in [0.1, 0.15) is 0 Å². The van der Waals surface area contributed by atoms with Crippen LogP contribution < -0.4 is 5.32 Å². The van der Waals surface area contributed by atoms with Crippen molar-refractivity contribution in [3.05, 3.63) is 142 Å². The van der Waals surface area contributed by atoms with Gasteiger partial charge in [0.05, 0.1) is 15.5 Å². The summed E-state index contributed by atoms with van der Waals surface area (Å²) in [4.78, 5) is 14.0. The second-order valence-electron chi connectivity index (χ2n) is 12.1. The smallest absolute Gasteiger partial charge is 0.346 e. The van der Waals surface area contributed by atoms with Crippen LogP contribution in [0.1, 0.15) is 53.9 Å². The van der Waals surface area contributed by atoms with Crippen LogP contribution in [0.2, 0.25) is 0 Å². The largest absolute Gasteiger partial charge is 0.380 e. The monoisotopic (exact) mass is 667 g/mol. The van der Waals surface area contributed by atoms with Crippen LogP contribution in [0.25, 0.3) is 9.81 Å². The first-order valence-corrected chi connectivity index (χ1v) is 16.2. The molecule has 10 heteroatoms. The Morgan fingerprint density at radius 3 is 1.57 bits per heavy atom. The molecule has 0 spiro atoms. The molecule has 4 aliphatic rings. The average molecular weight is 668 g/mol. The number of thioether (sulfide) groups is 2. The third kappa shape index (κ3) is 4.11. The molecule has 236 valence electrons.